The van der Waals surface area contributed by atoms with Gasteiger partial charge in [-0.25, -0.2) is 4.98 Å². The van der Waals surface area contributed by atoms with Crippen molar-refractivity contribution in [3.63, 3.8) is 0 Å². The fraction of sp³-hybridized carbons (Fsp3) is 0.600. The molecule has 0 saturated carbocycles. The van der Waals surface area contributed by atoms with Crippen molar-refractivity contribution in [1.82, 2.24) is 10.3 Å². The van der Waals surface area contributed by atoms with Gasteiger partial charge in [-0.15, -0.1) is 0 Å². The number of primary amides is 1. The van der Waals surface area contributed by atoms with Gasteiger partial charge in [-0.3, -0.25) is 4.79 Å². The Bertz CT molecular complexity index is 438. The molecule has 1 saturated heterocycles. The Morgan fingerprint density at radius 1 is 1.55 bits per heavy atom. The molecule has 1 aromatic heterocycles. The standard InChI is InChI=1S/C15H24N4O/c1-11(2)9-19(10-13-4-3-7-17-13)14-6-5-12(8-18-14)15(16)20/h5-6,8,11,13,17H,3-4,7,9-10H2,1-2H3,(H2,16,20). The summed E-state index contributed by atoms with van der Waals surface area (Å²) >= 11 is 0. The Kier molecular flexibility index (Phi) is 4.95. The third-order valence-corrected chi connectivity index (χ3v) is 3.55. The van der Waals surface area contributed by atoms with E-state index in [1.165, 1.54) is 12.8 Å². The molecule has 0 aromatic carbocycles. The molecule has 1 amide bonds. The number of hydrogen-bond donors (Lipinski definition) is 2. The first-order chi connectivity index (χ1) is 9.56. The highest BCUT2D eigenvalue weighted by Gasteiger charge is 2.19. The molecule has 110 valence electrons. The summed E-state index contributed by atoms with van der Waals surface area (Å²) in [5, 5.41) is 3.52. The fourth-order valence-corrected chi connectivity index (χ4v) is 2.60. The first kappa shape index (κ1) is 14.8. The predicted molar refractivity (Wildman–Crippen MR) is 80.8 cm³/mol. The minimum Gasteiger partial charge on any atom is -0.366 e. The van der Waals surface area contributed by atoms with Crippen LogP contribution in [0.2, 0.25) is 0 Å². The van der Waals surface area contributed by atoms with Crippen LogP contribution in [0.4, 0.5) is 5.82 Å². The van der Waals surface area contributed by atoms with E-state index in [4.69, 9.17) is 5.73 Å². The van der Waals surface area contributed by atoms with Crippen molar-refractivity contribution in [3.05, 3.63) is 23.9 Å². The number of pyridine rings is 1. The third kappa shape index (κ3) is 3.93. The molecule has 0 aliphatic carbocycles. The van der Waals surface area contributed by atoms with E-state index in [0.29, 0.717) is 17.5 Å². The van der Waals surface area contributed by atoms with Crippen LogP contribution in [0.15, 0.2) is 18.3 Å². The highest BCUT2D eigenvalue weighted by atomic mass is 16.1. The first-order valence-electron chi connectivity index (χ1n) is 7.30. The van der Waals surface area contributed by atoms with Crippen molar-refractivity contribution in [3.8, 4) is 0 Å². The molecule has 5 nitrogen and oxygen atoms in total. The highest BCUT2D eigenvalue weighted by molar-refractivity contribution is 5.92. The van der Waals surface area contributed by atoms with Crippen LogP contribution in [0.3, 0.4) is 0 Å². The number of hydrogen-bond acceptors (Lipinski definition) is 4. The van der Waals surface area contributed by atoms with Gasteiger partial charge in [-0.1, -0.05) is 13.8 Å². The quantitative estimate of drug-likeness (QED) is 0.824. The maximum Gasteiger partial charge on any atom is 0.250 e. The summed E-state index contributed by atoms with van der Waals surface area (Å²) in [7, 11) is 0. The van der Waals surface area contributed by atoms with Gasteiger partial charge in [0.2, 0.25) is 5.91 Å². The van der Waals surface area contributed by atoms with Gasteiger partial charge >= 0.3 is 0 Å². The summed E-state index contributed by atoms with van der Waals surface area (Å²) in [5.41, 5.74) is 5.71. The van der Waals surface area contributed by atoms with E-state index in [2.05, 4.69) is 29.0 Å². The monoisotopic (exact) mass is 276 g/mol. The molecular formula is C15H24N4O. The zero-order valence-corrected chi connectivity index (χ0v) is 12.3. The molecule has 1 fully saturated rings. The Labute approximate surface area is 120 Å². The minimum absolute atomic E-state index is 0.433. The summed E-state index contributed by atoms with van der Waals surface area (Å²) in [6.07, 6.45) is 4.02. The van der Waals surface area contributed by atoms with Gasteiger partial charge in [0, 0.05) is 25.3 Å². The minimum atomic E-state index is -0.433. The Hall–Kier alpha value is -1.62. The van der Waals surface area contributed by atoms with Crippen molar-refractivity contribution >= 4 is 11.7 Å². The zero-order chi connectivity index (χ0) is 14.5. The van der Waals surface area contributed by atoms with E-state index in [0.717, 1.165) is 25.5 Å². The molecule has 0 spiro atoms. The average Bonchev–Trinajstić information content (AvgIpc) is 2.90. The second-order valence-corrected chi connectivity index (χ2v) is 5.86. The topological polar surface area (TPSA) is 71.2 Å². The van der Waals surface area contributed by atoms with Crippen LogP contribution in [0.1, 0.15) is 37.0 Å². The summed E-state index contributed by atoms with van der Waals surface area (Å²) in [6, 6.07) is 4.17. The lowest BCUT2D eigenvalue weighted by Crippen LogP contribution is -2.39. The number of carbonyl (C=O) groups is 1. The molecule has 2 heterocycles. The van der Waals surface area contributed by atoms with Crippen molar-refractivity contribution in [2.75, 3.05) is 24.5 Å². The zero-order valence-electron chi connectivity index (χ0n) is 12.3. The van der Waals surface area contributed by atoms with Crippen LogP contribution in [0.25, 0.3) is 0 Å². The summed E-state index contributed by atoms with van der Waals surface area (Å²) in [6.45, 7) is 7.43. The summed E-state index contributed by atoms with van der Waals surface area (Å²) < 4.78 is 0. The number of anilines is 1. The summed E-state index contributed by atoms with van der Waals surface area (Å²) in [4.78, 5) is 17.8. The fourth-order valence-electron chi connectivity index (χ4n) is 2.60. The van der Waals surface area contributed by atoms with E-state index in [1.54, 1.807) is 12.3 Å². The van der Waals surface area contributed by atoms with Gasteiger partial charge in [0.1, 0.15) is 5.82 Å². The number of nitrogens with two attached hydrogens (primary N) is 1. The SMILES string of the molecule is CC(C)CN(CC1CCCN1)c1ccc(C(N)=O)cn1. The Morgan fingerprint density at radius 3 is 2.85 bits per heavy atom. The molecule has 1 aliphatic rings. The average molecular weight is 276 g/mol. The van der Waals surface area contributed by atoms with Crippen LogP contribution in [-0.4, -0.2) is 36.6 Å². The van der Waals surface area contributed by atoms with E-state index >= 15 is 0 Å². The van der Waals surface area contributed by atoms with Gasteiger partial charge in [-0.05, 0) is 37.4 Å². The lowest BCUT2D eigenvalue weighted by Gasteiger charge is -2.28. The van der Waals surface area contributed by atoms with Gasteiger partial charge in [0.05, 0.1) is 5.56 Å². The van der Waals surface area contributed by atoms with Gasteiger partial charge in [0.25, 0.3) is 0 Å². The van der Waals surface area contributed by atoms with Gasteiger partial charge < -0.3 is 16.0 Å². The molecule has 0 radical (unpaired) electrons. The molecule has 1 aromatic rings. The maximum absolute atomic E-state index is 11.1. The lowest BCUT2D eigenvalue weighted by atomic mass is 10.1. The van der Waals surface area contributed by atoms with E-state index in [9.17, 15) is 4.79 Å². The van der Waals surface area contributed by atoms with Crippen LogP contribution in [-0.2, 0) is 0 Å². The molecule has 2 rings (SSSR count). The highest BCUT2D eigenvalue weighted by Crippen LogP contribution is 2.16. The molecule has 5 heteroatoms. The second kappa shape index (κ2) is 6.70. The lowest BCUT2D eigenvalue weighted by molar-refractivity contribution is 0.1000. The number of amides is 1. The Morgan fingerprint density at radius 2 is 2.35 bits per heavy atom. The van der Waals surface area contributed by atoms with Crippen LogP contribution < -0.4 is 16.0 Å². The molecule has 20 heavy (non-hydrogen) atoms. The molecule has 1 atom stereocenters. The summed E-state index contributed by atoms with van der Waals surface area (Å²) in [5.74, 6) is 1.04. The molecule has 3 N–H and O–H groups in total. The van der Waals surface area contributed by atoms with E-state index in [-0.39, 0.29) is 0 Å². The van der Waals surface area contributed by atoms with E-state index < -0.39 is 5.91 Å². The van der Waals surface area contributed by atoms with Gasteiger partial charge in [0.15, 0.2) is 0 Å². The number of nitrogens with one attached hydrogen (secondary N) is 1. The molecule has 1 aliphatic heterocycles. The predicted octanol–water partition coefficient (Wildman–Crippen LogP) is 1.39. The van der Waals surface area contributed by atoms with Crippen molar-refractivity contribution in [1.29, 1.82) is 0 Å². The largest absolute Gasteiger partial charge is 0.366 e. The second-order valence-electron chi connectivity index (χ2n) is 5.86. The molecule has 1 unspecified atom stereocenters. The van der Waals surface area contributed by atoms with Crippen LogP contribution in [0, 0.1) is 5.92 Å². The Balaban J connectivity index is 2.09. The maximum atomic E-state index is 11.1. The van der Waals surface area contributed by atoms with Crippen molar-refractivity contribution < 1.29 is 4.79 Å². The first-order valence-corrected chi connectivity index (χ1v) is 7.30. The van der Waals surface area contributed by atoms with Crippen LogP contribution in [0.5, 0.6) is 0 Å². The molecular weight excluding hydrogens is 252 g/mol. The van der Waals surface area contributed by atoms with Gasteiger partial charge in [-0.2, -0.15) is 0 Å². The molecule has 0 bridgehead atoms. The normalized spacial score (nSPS) is 18.4. The van der Waals surface area contributed by atoms with Crippen LogP contribution >= 0.6 is 0 Å². The number of carbonyl (C=O) groups excluding carboxylic acids is 1. The number of nitrogens with zero attached hydrogens (tertiary/aromatic N) is 2. The van der Waals surface area contributed by atoms with Crippen molar-refractivity contribution in [2.24, 2.45) is 11.7 Å². The number of rotatable bonds is 6. The number of aromatic nitrogens is 1. The van der Waals surface area contributed by atoms with Crippen molar-refractivity contribution in [2.45, 2.75) is 32.7 Å². The smallest absolute Gasteiger partial charge is 0.250 e. The van der Waals surface area contributed by atoms with E-state index in [1.807, 2.05) is 6.07 Å². The third-order valence-electron chi connectivity index (χ3n) is 3.55.